The van der Waals surface area contributed by atoms with E-state index in [1.165, 1.54) is 6.07 Å². The fourth-order valence-electron chi connectivity index (χ4n) is 1.78. The van der Waals surface area contributed by atoms with Gasteiger partial charge in [-0.1, -0.05) is 24.3 Å². The SMILES string of the molecule is O=C(O)Cc1cc[c]c(-c2cccc(C(=O)O)c2)c1. The molecule has 2 aromatic rings. The van der Waals surface area contributed by atoms with E-state index in [1.54, 1.807) is 36.4 Å². The molecule has 0 amide bonds. The van der Waals surface area contributed by atoms with Crippen molar-refractivity contribution < 1.29 is 19.8 Å². The highest BCUT2D eigenvalue weighted by Crippen LogP contribution is 2.21. The third-order valence-electron chi connectivity index (χ3n) is 2.64. The molecule has 0 fully saturated rings. The lowest BCUT2D eigenvalue weighted by molar-refractivity contribution is -0.136. The molecule has 0 aliphatic carbocycles. The minimum Gasteiger partial charge on any atom is -0.481 e. The Bertz CT molecular complexity index is 632. The molecule has 0 heterocycles. The highest BCUT2D eigenvalue weighted by Gasteiger charge is 2.06. The van der Waals surface area contributed by atoms with Crippen LogP contribution in [0.25, 0.3) is 11.1 Å². The van der Waals surface area contributed by atoms with E-state index in [1.807, 2.05) is 0 Å². The Morgan fingerprint density at radius 2 is 1.89 bits per heavy atom. The molecule has 2 N–H and O–H groups in total. The van der Waals surface area contributed by atoms with Crippen LogP contribution in [0, 0.1) is 6.07 Å². The minimum absolute atomic E-state index is 0.0691. The van der Waals surface area contributed by atoms with Crippen LogP contribution in [0.1, 0.15) is 15.9 Å². The average Bonchev–Trinajstić information content (AvgIpc) is 2.38. The van der Waals surface area contributed by atoms with Crippen molar-refractivity contribution in [3.63, 3.8) is 0 Å². The first-order valence-electron chi connectivity index (χ1n) is 5.62. The molecule has 0 unspecified atom stereocenters. The van der Waals surface area contributed by atoms with Gasteiger partial charge in [-0.15, -0.1) is 0 Å². The monoisotopic (exact) mass is 255 g/mol. The van der Waals surface area contributed by atoms with Gasteiger partial charge in [0.2, 0.25) is 0 Å². The Kier molecular flexibility index (Phi) is 3.61. The first kappa shape index (κ1) is 12.8. The predicted molar refractivity (Wildman–Crippen MR) is 69.0 cm³/mol. The van der Waals surface area contributed by atoms with Gasteiger partial charge in [0.15, 0.2) is 0 Å². The summed E-state index contributed by atoms with van der Waals surface area (Å²) >= 11 is 0. The molecule has 0 bridgehead atoms. The molecule has 4 nitrogen and oxygen atoms in total. The van der Waals surface area contributed by atoms with E-state index in [2.05, 4.69) is 6.07 Å². The Morgan fingerprint density at radius 3 is 2.58 bits per heavy atom. The highest BCUT2D eigenvalue weighted by molar-refractivity contribution is 5.89. The van der Waals surface area contributed by atoms with E-state index >= 15 is 0 Å². The fourth-order valence-corrected chi connectivity index (χ4v) is 1.78. The molecule has 0 saturated heterocycles. The zero-order valence-electron chi connectivity index (χ0n) is 9.96. The van der Waals surface area contributed by atoms with Crippen LogP contribution in [0.5, 0.6) is 0 Å². The van der Waals surface area contributed by atoms with Crippen LogP contribution in [0.4, 0.5) is 0 Å². The third kappa shape index (κ3) is 3.19. The molecule has 2 aromatic carbocycles. The summed E-state index contributed by atoms with van der Waals surface area (Å²) in [6.07, 6.45) is -0.0691. The van der Waals surface area contributed by atoms with Crippen LogP contribution in [0.15, 0.2) is 42.5 Å². The number of carbonyl (C=O) groups is 2. The lowest BCUT2D eigenvalue weighted by atomic mass is 10.00. The van der Waals surface area contributed by atoms with E-state index in [-0.39, 0.29) is 12.0 Å². The summed E-state index contributed by atoms with van der Waals surface area (Å²) in [5, 5.41) is 17.7. The van der Waals surface area contributed by atoms with Crippen LogP contribution in [0.2, 0.25) is 0 Å². The number of aromatic carboxylic acids is 1. The van der Waals surface area contributed by atoms with Crippen molar-refractivity contribution in [3.05, 3.63) is 59.7 Å². The molecule has 0 aliphatic rings. The first-order chi connectivity index (χ1) is 9.06. The summed E-state index contributed by atoms with van der Waals surface area (Å²) in [6.45, 7) is 0. The molecule has 2 rings (SSSR count). The van der Waals surface area contributed by atoms with Crippen molar-refractivity contribution in [3.8, 4) is 11.1 Å². The van der Waals surface area contributed by atoms with Gasteiger partial charge in [0.1, 0.15) is 0 Å². The smallest absolute Gasteiger partial charge is 0.335 e. The lowest BCUT2D eigenvalue weighted by Gasteiger charge is -2.05. The van der Waals surface area contributed by atoms with Gasteiger partial charge in [-0.2, -0.15) is 0 Å². The summed E-state index contributed by atoms with van der Waals surface area (Å²) in [5.74, 6) is -1.90. The number of carboxylic acids is 2. The van der Waals surface area contributed by atoms with Gasteiger partial charge in [0.05, 0.1) is 12.0 Å². The van der Waals surface area contributed by atoms with Crippen LogP contribution in [0.3, 0.4) is 0 Å². The number of rotatable bonds is 4. The molecule has 0 spiro atoms. The molecular weight excluding hydrogens is 244 g/mol. The van der Waals surface area contributed by atoms with Gasteiger partial charge < -0.3 is 10.2 Å². The normalized spacial score (nSPS) is 10.1. The zero-order chi connectivity index (χ0) is 13.8. The molecule has 19 heavy (non-hydrogen) atoms. The van der Waals surface area contributed by atoms with E-state index in [4.69, 9.17) is 10.2 Å². The molecule has 95 valence electrons. The lowest BCUT2D eigenvalue weighted by Crippen LogP contribution is -2.00. The molecule has 0 aliphatic heterocycles. The van der Waals surface area contributed by atoms with E-state index < -0.39 is 11.9 Å². The maximum Gasteiger partial charge on any atom is 0.335 e. The Hall–Kier alpha value is -2.62. The van der Waals surface area contributed by atoms with Gasteiger partial charge in [-0.3, -0.25) is 4.79 Å². The van der Waals surface area contributed by atoms with E-state index in [0.717, 1.165) is 0 Å². The number of benzene rings is 2. The standard InChI is InChI=1S/C15H11O4/c16-14(17)8-10-3-1-4-11(7-10)12-5-2-6-13(9-12)15(18)19/h1-3,5-7,9H,8H2,(H,16,17)(H,18,19). The highest BCUT2D eigenvalue weighted by atomic mass is 16.4. The second-order valence-corrected chi connectivity index (χ2v) is 4.07. The van der Waals surface area contributed by atoms with Crippen molar-refractivity contribution in [2.45, 2.75) is 6.42 Å². The largest absolute Gasteiger partial charge is 0.481 e. The van der Waals surface area contributed by atoms with Gasteiger partial charge in [-0.25, -0.2) is 4.79 Å². The molecule has 0 atom stereocenters. The van der Waals surface area contributed by atoms with Gasteiger partial charge in [0.25, 0.3) is 0 Å². The molecule has 4 heteroatoms. The number of carboxylic acid groups (broad SMARTS) is 2. The van der Waals surface area contributed by atoms with Gasteiger partial charge >= 0.3 is 11.9 Å². The van der Waals surface area contributed by atoms with Crippen molar-refractivity contribution in [2.75, 3.05) is 0 Å². The molecule has 1 radical (unpaired) electrons. The van der Waals surface area contributed by atoms with Gasteiger partial charge in [-0.05, 0) is 41.0 Å². The van der Waals surface area contributed by atoms with Crippen molar-refractivity contribution in [1.82, 2.24) is 0 Å². The quantitative estimate of drug-likeness (QED) is 0.880. The van der Waals surface area contributed by atoms with Crippen molar-refractivity contribution in [1.29, 1.82) is 0 Å². The summed E-state index contributed by atoms with van der Waals surface area (Å²) < 4.78 is 0. The summed E-state index contributed by atoms with van der Waals surface area (Å²) in [4.78, 5) is 21.6. The maximum atomic E-state index is 10.9. The van der Waals surface area contributed by atoms with Crippen LogP contribution in [-0.4, -0.2) is 22.2 Å². The zero-order valence-corrected chi connectivity index (χ0v) is 9.96. The topological polar surface area (TPSA) is 74.6 Å². The Morgan fingerprint density at radius 1 is 1.11 bits per heavy atom. The minimum atomic E-state index is -0.997. The Balaban J connectivity index is 2.38. The fraction of sp³-hybridized carbons (Fsp3) is 0.0667. The van der Waals surface area contributed by atoms with Crippen LogP contribution >= 0.6 is 0 Å². The van der Waals surface area contributed by atoms with Crippen LogP contribution < -0.4 is 0 Å². The average molecular weight is 255 g/mol. The summed E-state index contributed by atoms with van der Waals surface area (Å²) in [6, 6.07) is 14.5. The van der Waals surface area contributed by atoms with Crippen molar-refractivity contribution >= 4 is 11.9 Å². The molecular formula is C15H11O4. The van der Waals surface area contributed by atoms with Crippen LogP contribution in [-0.2, 0) is 11.2 Å². The number of hydrogen-bond donors (Lipinski definition) is 2. The summed E-state index contributed by atoms with van der Waals surface area (Å²) in [7, 11) is 0. The predicted octanol–water partition coefficient (Wildman–Crippen LogP) is 2.48. The second kappa shape index (κ2) is 5.35. The first-order valence-corrected chi connectivity index (χ1v) is 5.62. The third-order valence-corrected chi connectivity index (χ3v) is 2.64. The number of aliphatic carboxylic acids is 1. The maximum absolute atomic E-state index is 10.9. The van der Waals surface area contributed by atoms with Crippen molar-refractivity contribution in [2.24, 2.45) is 0 Å². The summed E-state index contributed by atoms with van der Waals surface area (Å²) in [5.41, 5.74) is 2.23. The number of hydrogen-bond acceptors (Lipinski definition) is 2. The Labute approximate surface area is 109 Å². The molecule has 0 aromatic heterocycles. The van der Waals surface area contributed by atoms with E-state index in [9.17, 15) is 9.59 Å². The van der Waals surface area contributed by atoms with Gasteiger partial charge in [0, 0.05) is 0 Å². The molecule has 0 saturated carbocycles. The van der Waals surface area contributed by atoms with E-state index in [0.29, 0.717) is 16.7 Å². The second-order valence-electron chi connectivity index (χ2n) is 4.07.